The van der Waals surface area contributed by atoms with Crippen molar-refractivity contribution >= 4 is 11.7 Å². The standard InChI is InChI=1S/C20H26N2O3/c1-3-16-10-7-11-18(12-16)21-20(24)22(2)13-19(23)15-25-14-17-8-5-4-6-9-17/h4-12,19,23H,3,13-15H2,1-2H3,(H,21,24). The Balaban J connectivity index is 1.73. The third kappa shape index (κ3) is 6.57. The van der Waals surface area contributed by atoms with E-state index >= 15 is 0 Å². The van der Waals surface area contributed by atoms with Crippen LogP contribution in [-0.4, -0.2) is 42.3 Å². The topological polar surface area (TPSA) is 61.8 Å². The molecule has 0 saturated heterocycles. The average Bonchev–Trinajstić information content (AvgIpc) is 2.62. The van der Waals surface area contributed by atoms with Crippen LogP contribution in [-0.2, 0) is 17.8 Å². The van der Waals surface area contributed by atoms with E-state index in [4.69, 9.17) is 4.74 Å². The number of likely N-dealkylation sites (N-methyl/N-ethyl adjacent to an activating group) is 1. The third-order valence-electron chi connectivity index (χ3n) is 3.84. The second kappa shape index (κ2) is 9.81. The van der Waals surface area contributed by atoms with E-state index in [1.165, 1.54) is 4.90 Å². The van der Waals surface area contributed by atoms with E-state index in [0.717, 1.165) is 23.2 Å². The van der Waals surface area contributed by atoms with Gasteiger partial charge in [-0.2, -0.15) is 0 Å². The van der Waals surface area contributed by atoms with Gasteiger partial charge in [-0.3, -0.25) is 0 Å². The number of amides is 2. The summed E-state index contributed by atoms with van der Waals surface area (Å²) in [6.45, 7) is 2.89. The number of rotatable bonds is 8. The highest BCUT2D eigenvalue weighted by atomic mass is 16.5. The molecule has 0 spiro atoms. The smallest absolute Gasteiger partial charge is 0.321 e. The maximum Gasteiger partial charge on any atom is 0.321 e. The Kier molecular flexibility index (Phi) is 7.44. The Morgan fingerprint density at radius 1 is 1.16 bits per heavy atom. The molecule has 5 heteroatoms. The molecule has 2 rings (SSSR count). The van der Waals surface area contributed by atoms with Gasteiger partial charge in [-0.05, 0) is 29.7 Å². The molecule has 0 saturated carbocycles. The van der Waals surface area contributed by atoms with Gasteiger partial charge in [0.25, 0.3) is 0 Å². The van der Waals surface area contributed by atoms with Crippen LogP contribution >= 0.6 is 0 Å². The molecule has 2 N–H and O–H groups in total. The fourth-order valence-electron chi connectivity index (χ4n) is 2.43. The number of anilines is 1. The van der Waals surface area contributed by atoms with E-state index in [1.807, 2.05) is 54.6 Å². The van der Waals surface area contributed by atoms with E-state index < -0.39 is 6.10 Å². The molecule has 0 fully saturated rings. The van der Waals surface area contributed by atoms with Gasteiger partial charge >= 0.3 is 6.03 Å². The summed E-state index contributed by atoms with van der Waals surface area (Å²) in [6.07, 6.45) is 0.179. The van der Waals surface area contributed by atoms with Gasteiger partial charge in [-0.25, -0.2) is 4.79 Å². The van der Waals surface area contributed by atoms with Crippen LogP contribution in [0.4, 0.5) is 10.5 Å². The number of nitrogens with zero attached hydrogens (tertiary/aromatic N) is 1. The van der Waals surface area contributed by atoms with Crippen molar-refractivity contribution in [2.24, 2.45) is 0 Å². The van der Waals surface area contributed by atoms with Gasteiger partial charge in [0.1, 0.15) is 0 Å². The first-order valence-electron chi connectivity index (χ1n) is 8.49. The van der Waals surface area contributed by atoms with E-state index in [2.05, 4.69) is 12.2 Å². The number of aliphatic hydroxyl groups excluding tert-OH is 1. The molecule has 0 aliphatic heterocycles. The molecule has 134 valence electrons. The van der Waals surface area contributed by atoms with Gasteiger partial charge in [0.05, 0.1) is 25.9 Å². The van der Waals surface area contributed by atoms with Gasteiger partial charge in [-0.1, -0.05) is 49.4 Å². The van der Waals surface area contributed by atoms with Crippen molar-refractivity contribution in [3.05, 3.63) is 65.7 Å². The fraction of sp³-hybridized carbons (Fsp3) is 0.350. The molecule has 0 radical (unpaired) electrons. The Labute approximate surface area is 149 Å². The quantitative estimate of drug-likeness (QED) is 0.774. The summed E-state index contributed by atoms with van der Waals surface area (Å²) < 4.78 is 5.50. The molecule has 0 heterocycles. The molecule has 0 aliphatic carbocycles. The molecule has 1 atom stereocenters. The maximum atomic E-state index is 12.2. The van der Waals surface area contributed by atoms with Crippen LogP contribution in [0.2, 0.25) is 0 Å². The van der Waals surface area contributed by atoms with Crippen LogP contribution in [0.3, 0.4) is 0 Å². The molecule has 5 nitrogen and oxygen atoms in total. The summed E-state index contributed by atoms with van der Waals surface area (Å²) >= 11 is 0. The minimum Gasteiger partial charge on any atom is -0.389 e. The molecule has 25 heavy (non-hydrogen) atoms. The predicted molar refractivity (Wildman–Crippen MR) is 99.6 cm³/mol. The molecule has 0 aliphatic rings. The van der Waals surface area contributed by atoms with Crippen molar-refractivity contribution in [2.75, 3.05) is 25.5 Å². The van der Waals surface area contributed by atoms with E-state index in [9.17, 15) is 9.90 Å². The van der Waals surface area contributed by atoms with Crippen molar-refractivity contribution in [3.8, 4) is 0 Å². The number of hydrogen-bond acceptors (Lipinski definition) is 3. The highest BCUT2D eigenvalue weighted by molar-refractivity contribution is 5.89. The molecule has 2 amide bonds. The van der Waals surface area contributed by atoms with Gasteiger partial charge < -0.3 is 20.1 Å². The van der Waals surface area contributed by atoms with Crippen LogP contribution in [0, 0.1) is 0 Å². The first-order valence-corrected chi connectivity index (χ1v) is 8.49. The number of benzene rings is 2. The van der Waals surface area contributed by atoms with E-state index in [1.54, 1.807) is 7.05 Å². The zero-order valence-corrected chi connectivity index (χ0v) is 14.8. The molecule has 1 unspecified atom stereocenters. The Hall–Kier alpha value is -2.37. The van der Waals surface area contributed by atoms with Crippen molar-refractivity contribution < 1.29 is 14.6 Å². The highest BCUT2D eigenvalue weighted by Crippen LogP contribution is 2.11. The van der Waals surface area contributed by atoms with Crippen molar-refractivity contribution in [1.82, 2.24) is 4.90 Å². The number of carbonyl (C=O) groups is 1. The summed E-state index contributed by atoms with van der Waals surface area (Å²) in [5.41, 5.74) is 2.97. The summed E-state index contributed by atoms with van der Waals surface area (Å²) in [4.78, 5) is 13.7. The first kappa shape index (κ1) is 19.0. The lowest BCUT2D eigenvalue weighted by molar-refractivity contribution is 0.0188. The van der Waals surface area contributed by atoms with E-state index in [-0.39, 0.29) is 19.2 Å². The van der Waals surface area contributed by atoms with Gasteiger partial charge in [0.2, 0.25) is 0 Å². The van der Waals surface area contributed by atoms with Crippen molar-refractivity contribution in [1.29, 1.82) is 0 Å². The van der Waals surface area contributed by atoms with Crippen LogP contribution in [0.25, 0.3) is 0 Å². The minimum absolute atomic E-state index is 0.178. The van der Waals surface area contributed by atoms with Gasteiger partial charge in [0, 0.05) is 12.7 Å². The average molecular weight is 342 g/mol. The minimum atomic E-state index is -0.735. The van der Waals surface area contributed by atoms with Crippen LogP contribution in [0.5, 0.6) is 0 Å². The first-order chi connectivity index (χ1) is 12.1. The summed E-state index contributed by atoms with van der Waals surface area (Å²) in [5.74, 6) is 0. The van der Waals surface area contributed by atoms with Crippen LogP contribution in [0.15, 0.2) is 54.6 Å². The lowest BCUT2D eigenvalue weighted by atomic mass is 10.1. The Bertz CT molecular complexity index is 661. The molecule has 0 aromatic heterocycles. The Morgan fingerprint density at radius 3 is 2.60 bits per heavy atom. The second-order valence-electron chi connectivity index (χ2n) is 6.02. The predicted octanol–water partition coefficient (Wildman–Crippen LogP) is 3.29. The van der Waals surface area contributed by atoms with Crippen LogP contribution in [0.1, 0.15) is 18.1 Å². The lowest BCUT2D eigenvalue weighted by Gasteiger charge is -2.21. The fourth-order valence-corrected chi connectivity index (χ4v) is 2.43. The molecule has 0 bridgehead atoms. The van der Waals surface area contributed by atoms with Crippen molar-refractivity contribution in [2.45, 2.75) is 26.1 Å². The number of aliphatic hydroxyl groups is 1. The normalized spacial score (nSPS) is 11.8. The third-order valence-corrected chi connectivity index (χ3v) is 3.84. The Morgan fingerprint density at radius 2 is 1.88 bits per heavy atom. The zero-order chi connectivity index (χ0) is 18.1. The second-order valence-corrected chi connectivity index (χ2v) is 6.02. The number of hydrogen-bond donors (Lipinski definition) is 2. The van der Waals surface area contributed by atoms with Crippen molar-refractivity contribution in [3.63, 3.8) is 0 Å². The van der Waals surface area contributed by atoms with Gasteiger partial charge in [-0.15, -0.1) is 0 Å². The lowest BCUT2D eigenvalue weighted by Crippen LogP contribution is -2.38. The summed E-state index contributed by atoms with van der Waals surface area (Å²) in [6, 6.07) is 17.3. The zero-order valence-electron chi connectivity index (χ0n) is 14.8. The number of carbonyl (C=O) groups excluding carboxylic acids is 1. The van der Waals surface area contributed by atoms with E-state index in [0.29, 0.717) is 6.61 Å². The monoisotopic (exact) mass is 342 g/mol. The molecular formula is C20H26N2O3. The SMILES string of the molecule is CCc1cccc(NC(=O)N(C)CC(O)COCc2ccccc2)c1. The molecule has 2 aromatic rings. The summed E-state index contributed by atoms with van der Waals surface area (Å²) in [7, 11) is 1.65. The van der Waals surface area contributed by atoms with Gasteiger partial charge in [0.15, 0.2) is 0 Å². The number of urea groups is 1. The highest BCUT2D eigenvalue weighted by Gasteiger charge is 2.14. The van der Waals surface area contributed by atoms with Crippen LogP contribution < -0.4 is 5.32 Å². The summed E-state index contributed by atoms with van der Waals surface area (Å²) in [5, 5.41) is 12.9. The molecule has 2 aromatic carbocycles. The molecular weight excluding hydrogens is 316 g/mol. The largest absolute Gasteiger partial charge is 0.389 e. The number of aryl methyl sites for hydroxylation is 1. The number of ether oxygens (including phenoxy) is 1. The maximum absolute atomic E-state index is 12.2. The number of nitrogens with one attached hydrogen (secondary N) is 1.